The zero-order valence-corrected chi connectivity index (χ0v) is 8.69. The maximum Gasteiger partial charge on any atom is 0.253 e. The molecule has 15 heavy (non-hydrogen) atoms. The van der Waals surface area contributed by atoms with Crippen LogP contribution in [0.25, 0.3) is 0 Å². The van der Waals surface area contributed by atoms with Gasteiger partial charge in [0.1, 0.15) is 0 Å². The van der Waals surface area contributed by atoms with Crippen LogP contribution in [-0.2, 0) is 4.79 Å². The zero-order chi connectivity index (χ0) is 10.8. The number of nitrogens with zero attached hydrogens (tertiary/aromatic N) is 1. The number of amides is 1. The van der Waals surface area contributed by atoms with Crippen molar-refractivity contribution in [2.75, 3.05) is 6.54 Å². The second kappa shape index (κ2) is 3.88. The summed E-state index contributed by atoms with van der Waals surface area (Å²) in [6.07, 6.45) is 3.46. The third-order valence-corrected chi connectivity index (χ3v) is 2.86. The van der Waals surface area contributed by atoms with Crippen molar-refractivity contribution in [3.63, 3.8) is 0 Å². The first kappa shape index (κ1) is 9.96. The standard InChI is InChI=1S/C11H14N2O2/c1-8(14)13-7-3-5-10(13)9-4-2-6-12-11(9)15/h2,4,6,10H,3,5,7H2,1H3,(H,12,15)/t10-/m0/s1. The number of hydrogen-bond acceptors (Lipinski definition) is 2. The molecule has 0 radical (unpaired) electrons. The summed E-state index contributed by atoms with van der Waals surface area (Å²) in [7, 11) is 0. The Bertz CT molecular complexity index is 425. The van der Waals surface area contributed by atoms with Crippen molar-refractivity contribution in [3.05, 3.63) is 34.2 Å². The van der Waals surface area contributed by atoms with Crippen molar-refractivity contribution in [2.45, 2.75) is 25.8 Å². The molecule has 2 rings (SSSR count). The fourth-order valence-corrected chi connectivity index (χ4v) is 2.16. The SMILES string of the molecule is CC(=O)N1CCC[C@H]1c1ccc[nH]c1=O. The number of carbonyl (C=O) groups excluding carboxylic acids is 1. The van der Waals surface area contributed by atoms with Crippen LogP contribution in [0, 0.1) is 0 Å². The highest BCUT2D eigenvalue weighted by Crippen LogP contribution is 2.29. The first-order valence-electron chi connectivity index (χ1n) is 5.15. The van der Waals surface area contributed by atoms with Crippen LogP contribution >= 0.6 is 0 Å². The smallest absolute Gasteiger partial charge is 0.253 e. The lowest BCUT2D eigenvalue weighted by molar-refractivity contribution is -0.129. The Balaban J connectivity index is 2.35. The summed E-state index contributed by atoms with van der Waals surface area (Å²) >= 11 is 0. The molecule has 4 heteroatoms. The highest BCUT2D eigenvalue weighted by molar-refractivity contribution is 5.74. The zero-order valence-electron chi connectivity index (χ0n) is 8.69. The maximum absolute atomic E-state index is 11.6. The molecule has 1 saturated heterocycles. The molecule has 0 aliphatic carbocycles. The van der Waals surface area contributed by atoms with Gasteiger partial charge < -0.3 is 9.88 Å². The van der Waals surface area contributed by atoms with Gasteiger partial charge in [0.15, 0.2) is 0 Å². The minimum absolute atomic E-state index is 0.0348. The van der Waals surface area contributed by atoms with Gasteiger partial charge in [0, 0.05) is 25.2 Å². The summed E-state index contributed by atoms with van der Waals surface area (Å²) in [6, 6.07) is 3.56. The van der Waals surface area contributed by atoms with Crippen molar-refractivity contribution < 1.29 is 4.79 Å². The Morgan fingerprint density at radius 1 is 1.60 bits per heavy atom. The maximum atomic E-state index is 11.6. The van der Waals surface area contributed by atoms with Crippen LogP contribution in [0.2, 0.25) is 0 Å². The summed E-state index contributed by atoms with van der Waals surface area (Å²) in [5, 5.41) is 0. The number of aromatic nitrogens is 1. The molecule has 1 atom stereocenters. The number of pyridine rings is 1. The van der Waals surface area contributed by atoms with Gasteiger partial charge in [0.25, 0.3) is 5.56 Å². The fourth-order valence-electron chi connectivity index (χ4n) is 2.16. The molecule has 1 aliphatic heterocycles. The Hall–Kier alpha value is -1.58. The van der Waals surface area contributed by atoms with Crippen LogP contribution < -0.4 is 5.56 Å². The van der Waals surface area contributed by atoms with Gasteiger partial charge in [-0.15, -0.1) is 0 Å². The minimum Gasteiger partial charge on any atom is -0.336 e. The number of nitrogens with one attached hydrogen (secondary N) is 1. The summed E-state index contributed by atoms with van der Waals surface area (Å²) in [5.41, 5.74) is 0.612. The van der Waals surface area contributed by atoms with Gasteiger partial charge in [-0.05, 0) is 25.0 Å². The molecule has 80 valence electrons. The molecule has 1 amide bonds. The number of hydrogen-bond donors (Lipinski definition) is 1. The average molecular weight is 206 g/mol. The van der Waals surface area contributed by atoms with Gasteiger partial charge in [-0.25, -0.2) is 0 Å². The third kappa shape index (κ3) is 1.79. The molecule has 1 aliphatic rings. The summed E-state index contributed by atoms with van der Waals surface area (Å²) in [5.74, 6) is 0.0424. The lowest BCUT2D eigenvalue weighted by Crippen LogP contribution is -2.31. The van der Waals surface area contributed by atoms with E-state index in [-0.39, 0.29) is 17.5 Å². The first-order chi connectivity index (χ1) is 7.20. The van der Waals surface area contributed by atoms with E-state index in [2.05, 4.69) is 4.98 Å². The molecule has 0 bridgehead atoms. The topological polar surface area (TPSA) is 53.2 Å². The van der Waals surface area contributed by atoms with E-state index in [0.717, 1.165) is 19.4 Å². The first-order valence-corrected chi connectivity index (χ1v) is 5.15. The Kier molecular flexibility index (Phi) is 2.58. The molecular formula is C11H14N2O2. The van der Waals surface area contributed by atoms with Crippen molar-refractivity contribution in [1.82, 2.24) is 9.88 Å². The van der Waals surface area contributed by atoms with E-state index in [1.807, 2.05) is 0 Å². The quantitative estimate of drug-likeness (QED) is 0.747. The molecule has 0 aromatic carbocycles. The normalized spacial score (nSPS) is 20.6. The van der Waals surface area contributed by atoms with Gasteiger partial charge in [-0.3, -0.25) is 9.59 Å². The van der Waals surface area contributed by atoms with E-state index >= 15 is 0 Å². The van der Waals surface area contributed by atoms with E-state index in [4.69, 9.17) is 0 Å². The monoisotopic (exact) mass is 206 g/mol. The van der Waals surface area contributed by atoms with Crippen LogP contribution in [0.3, 0.4) is 0 Å². The molecular weight excluding hydrogens is 192 g/mol. The van der Waals surface area contributed by atoms with Gasteiger partial charge in [0.2, 0.25) is 5.91 Å². The fraction of sp³-hybridized carbons (Fsp3) is 0.455. The molecule has 1 N–H and O–H groups in total. The lowest BCUT2D eigenvalue weighted by atomic mass is 10.1. The van der Waals surface area contributed by atoms with Crippen molar-refractivity contribution >= 4 is 5.91 Å². The number of rotatable bonds is 1. The van der Waals surface area contributed by atoms with Gasteiger partial charge in [0.05, 0.1) is 6.04 Å². The third-order valence-electron chi connectivity index (χ3n) is 2.86. The molecule has 1 fully saturated rings. The van der Waals surface area contributed by atoms with Gasteiger partial charge >= 0.3 is 0 Å². The summed E-state index contributed by atoms with van der Waals surface area (Å²) in [4.78, 5) is 27.3. The van der Waals surface area contributed by atoms with Crippen molar-refractivity contribution in [3.8, 4) is 0 Å². The van der Waals surface area contributed by atoms with E-state index in [1.54, 1.807) is 30.2 Å². The van der Waals surface area contributed by atoms with Gasteiger partial charge in [-0.1, -0.05) is 0 Å². The molecule has 1 aromatic heterocycles. The van der Waals surface area contributed by atoms with Crippen molar-refractivity contribution in [1.29, 1.82) is 0 Å². The number of aromatic amines is 1. The number of likely N-dealkylation sites (tertiary alicyclic amines) is 1. The highest BCUT2D eigenvalue weighted by atomic mass is 16.2. The predicted octanol–water partition coefficient (Wildman–Crippen LogP) is 1.06. The minimum atomic E-state index is -0.0874. The van der Waals surface area contributed by atoms with Crippen LogP contribution in [0.4, 0.5) is 0 Å². The number of H-pyrrole nitrogens is 1. The Labute approximate surface area is 87.9 Å². The second-order valence-electron chi connectivity index (χ2n) is 3.83. The average Bonchev–Trinajstić information content (AvgIpc) is 2.67. The van der Waals surface area contributed by atoms with Crippen LogP contribution in [0.5, 0.6) is 0 Å². The molecule has 4 nitrogen and oxygen atoms in total. The van der Waals surface area contributed by atoms with E-state index in [9.17, 15) is 9.59 Å². The van der Waals surface area contributed by atoms with Crippen LogP contribution in [-0.4, -0.2) is 22.3 Å². The van der Waals surface area contributed by atoms with Crippen LogP contribution in [0.15, 0.2) is 23.1 Å². The molecule has 0 saturated carbocycles. The molecule has 2 heterocycles. The largest absolute Gasteiger partial charge is 0.336 e. The predicted molar refractivity (Wildman–Crippen MR) is 56.4 cm³/mol. The Morgan fingerprint density at radius 3 is 3.07 bits per heavy atom. The van der Waals surface area contributed by atoms with E-state index in [1.165, 1.54) is 0 Å². The summed E-state index contributed by atoms with van der Waals surface area (Å²) in [6.45, 7) is 2.31. The van der Waals surface area contributed by atoms with E-state index in [0.29, 0.717) is 5.56 Å². The molecule has 0 unspecified atom stereocenters. The van der Waals surface area contributed by atoms with Crippen LogP contribution in [0.1, 0.15) is 31.4 Å². The number of carbonyl (C=O) groups is 1. The van der Waals surface area contributed by atoms with Gasteiger partial charge in [-0.2, -0.15) is 0 Å². The second-order valence-corrected chi connectivity index (χ2v) is 3.83. The van der Waals surface area contributed by atoms with E-state index < -0.39 is 0 Å². The molecule has 0 spiro atoms. The molecule has 1 aromatic rings. The lowest BCUT2D eigenvalue weighted by Gasteiger charge is -2.22. The van der Waals surface area contributed by atoms with Crippen molar-refractivity contribution in [2.24, 2.45) is 0 Å². The highest BCUT2D eigenvalue weighted by Gasteiger charge is 2.29. The Morgan fingerprint density at radius 2 is 2.40 bits per heavy atom. The summed E-state index contributed by atoms with van der Waals surface area (Å²) < 4.78 is 0.